The number of nitrogens with one attached hydrogen (secondary N) is 1. The van der Waals surface area contributed by atoms with Gasteiger partial charge in [0.15, 0.2) is 11.5 Å². The SMILES string of the molecule is COc1cc2nc[nH]c(=O)c2cc1OC.Cl.Cl. The highest BCUT2D eigenvalue weighted by atomic mass is 35.5. The van der Waals surface area contributed by atoms with Crippen molar-refractivity contribution in [2.45, 2.75) is 0 Å². The second-order valence-electron chi connectivity index (χ2n) is 2.96. The predicted molar refractivity (Wildman–Crippen MR) is 70.0 cm³/mol. The molecule has 0 spiro atoms. The Morgan fingerprint density at radius 3 is 2.29 bits per heavy atom. The van der Waals surface area contributed by atoms with E-state index in [4.69, 9.17) is 9.47 Å². The summed E-state index contributed by atoms with van der Waals surface area (Å²) in [5.41, 5.74) is 0.386. The molecule has 0 fully saturated rings. The summed E-state index contributed by atoms with van der Waals surface area (Å²) in [4.78, 5) is 18.0. The van der Waals surface area contributed by atoms with Gasteiger partial charge in [0, 0.05) is 6.07 Å². The van der Waals surface area contributed by atoms with Gasteiger partial charge in [0.1, 0.15) is 0 Å². The van der Waals surface area contributed by atoms with Gasteiger partial charge < -0.3 is 14.5 Å². The number of hydrogen-bond donors (Lipinski definition) is 1. The molecule has 0 unspecified atom stereocenters. The lowest BCUT2D eigenvalue weighted by Crippen LogP contribution is -2.06. The largest absolute Gasteiger partial charge is 0.493 e. The van der Waals surface area contributed by atoms with E-state index in [1.807, 2.05) is 0 Å². The van der Waals surface area contributed by atoms with Gasteiger partial charge in [0.2, 0.25) is 0 Å². The van der Waals surface area contributed by atoms with Crippen LogP contribution in [0.25, 0.3) is 10.9 Å². The normalized spacial score (nSPS) is 9.06. The fraction of sp³-hybridized carbons (Fsp3) is 0.200. The van der Waals surface area contributed by atoms with Gasteiger partial charge in [-0.05, 0) is 6.07 Å². The molecule has 94 valence electrons. The van der Waals surface area contributed by atoms with Crippen molar-refractivity contribution in [1.82, 2.24) is 9.97 Å². The molecule has 1 heterocycles. The van der Waals surface area contributed by atoms with Crippen LogP contribution in [0.3, 0.4) is 0 Å². The molecule has 2 aromatic rings. The van der Waals surface area contributed by atoms with Crippen molar-refractivity contribution in [2.75, 3.05) is 14.2 Å². The first-order chi connectivity index (χ1) is 7.26. The van der Waals surface area contributed by atoms with Gasteiger partial charge in [0.05, 0.1) is 31.4 Å². The monoisotopic (exact) mass is 278 g/mol. The Kier molecular flexibility index (Phi) is 5.78. The lowest BCUT2D eigenvalue weighted by atomic mass is 10.2. The highest BCUT2D eigenvalue weighted by molar-refractivity contribution is 5.85. The van der Waals surface area contributed by atoms with E-state index in [0.29, 0.717) is 22.4 Å². The molecule has 5 nitrogen and oxygen atoms in total. The standard InChI is InChI=1S/C10H10N2O3.2ClH/c1-14-8-3-6-7(4-9(8)15-2)11-5-12-10(6)13;;/h3-5H,1-2H3,(H,11,12,13);2*1H. The average molecular weight is 279 g/mol. The van der Waals surface area contributed by atoms with E-state index in [-0.39, 0.29) is 30.4 Å². The molecule has 0 aliphatic carbocycles. The summed E-state index contributed by atoms with van der Waals surface area (Å²) in [6.07, 6.45) is 1.36. The van der Waals surface area contributed by atoms with E-state index in [2.05, 4.69) is 9.97 Å². The number of benzene rings is 1. The lowest BCUT2D eigenvalue weighted by Gasteiger charge is -2.07. The van der Waals surface area contributed by atoms with Gasteiger partial charge >= 0.3 is 0 Å². The van der Waals surface area contributed by atoms with Gasteiger partial charge in [-0.2, -0.15) is 0 Å². The number of aromatic nitrogens is 2. The number of rotatable bonds is 2. The first kappa shape index (κ1) is 15.5. The maximum absolute atomic E-state index is 11.5. The summed E-state index contributed by atoms with van der Waals surface area (Å²) in [5, 5.41) is 0.482. The number of halogens is 2. The minimum atomic E-state index is -0.194. The van der Waals surface area contributed by atoms with Gasteiger partial charge in [0.25, 0.3) is 5.56 Å². The van der Waals surface area contributed by atoms with Crippen LogP contribution < -0.4 is 15.0 Å². The molecule has 1 N–H and O–H groups in total. The van der Waals surface area contributed by atoms with Crippen molar-refractivity contribution < 1.29 is 9.47 Å². The molecule has 0 bridgehead atoms. The van der Waals surface area contributed by atoms with Crippen molar-refractivity contribution in [3.05, 3.63) is 28.8 Å². The fourth-order valence-electron chi connectivity index (χ4n) is 1.40. The summed E-state index contributed by atoms with van der Waals surface area (Å²) >= 11 is 0. The van der Waals surface area contributed by atoms with Crippen LogP contribution in [0.5, 0.6) is 11.5 Å². The Morgan fingerprint density at radius 1 is 1.12 bits per heavy atom. The molecule has 17 heavy (non-hydrogen) atoms. The maximum Gasteiger partial charge on any atom is 0.258 e. The molecule has 0 atom stereocenters. The van der Waals surface area contributed by atoms with E-state index in [9.17, 15) is 4.79 Å². The third kappa shape index (κ3) is 2.81. The summed E-state index contributed by atoms with van der Waals surface area (Å²) in [6, 6.07) is 3.28. The first-order valence-corrected chi connectivity index (χ1v) is 4.35. The number of hydrogen-bond acceptors (Lipinski definition) is 4. The van der Waals surface area contributed by atoms with Crippen molar-refractivity contribution in [2.24, 2.45) is 0 Å². The zero-order valence-corrected chi connectivity index (χ0v) is 10.9. The molecule has 1 aromatic carbocycles. The van der Waals surface area contributed by atoms with Crippen LogP contribution in [0, 0.1) is 0 Å². The average Bonchev–Trinajstić information content (AvgIpc) is 2.28. The summed E-state index contributed by atoms with van der Waals surface area (Å²) in [6.45, 7) is 0. The van der Waals surface area contributed by atoms with Crippen LogP contribution in [0.2, 0.25) is 0 Å². The Bertz CT molecular complexity index is 557. The minimum Gasteiger partial charge on any atom is -0.493 e. The van der Waals surface area contributed by atoms with Gasteiger partial charge in [-0.3, -0.25) is 4.79 Å². The zero-order valence-electron chi connectivity index (χ0n) is 9.22. The van der Waals surface area contributed by atoms with E-state index >= 15 is 0 Å². The van der Waals surface area contributed by atoms with Crippen molar-refractivity contribution >= 4 is 35.7 Å². The molecule has 0 saturated heterocycles. The smallest absolute Gasteiger partial charge is 0.258 e. The molecule has 0 aliphatic heterocycles. The van der Waals surface area contributed by atoms with Crippen LogP contribution in [0.4, 0.5) is 0 Å². The molecule has 0 aliphatic rings. The quantitative estimate of drug-likeness (QED) is 0.910. The molecule has 0 amide bonds. The number of fused-ring (bicyclic) bond motifs is 1. The van der Waals surface area contributed by atoms with Gasteiger partial charge in [-0.1, -0.05) is 0 Å². The molecular formula is C10H12Cl2N2O3. The van der Waals surface area contributed by atoms with Crippen LogP contribution in [-0.2, 0) is 0 Å². The molecule has 1 aromatic heterocycles. The number of methoxy groups -OCH3 is 2. The van der Waals surface area contributed by atoms with Crippen LogP contribution in [0.1, 0.15) is 0 Å². The number of nitrogens with zero attached hydrogens (tertiary/aromatic N) is 1. The third-order valence-electron chi connectivity index (χ3n) is 2.15. The van der Waals surface area contributed by atoms with Crippen LogP contribution >= 0.6 is 24.8 Å². The Morgan fingerprint density at radius 2 is 1.71 bits per heavy atom. The van der Waals surface area contributed by atoms with E-state index in [0.717, 1.165) is 0 Å². The molecule has 7 heteroatoms. The molecule has 0 saturated carbocycles. The second-order valence-corrected chi connectivity index (χ2v) is 2.96. The van der Waals surface area contributed by atoms with Gasteiger partial charge in [-0.25, -0.2) is 4.98 Å². The zero-order chi connectivity index (χ0) is 10.8. The Balaban J connectivity index is 0.00000128. The van der Waals surface area contributed by atoms with Crippen molar-refractivity contribution in [3.8, 4) is 11.5 Å². The molecule has 0 radical (unpaired) electrons. The summed E-state index contributed by atoms with van der Waals surface area (Å²) in [5.74, 6) is 1.08. The number of ether oxygens (including phenoxy) is 2. The van der Waals surface area contributed by atoms with Gasteiger partial charge in [-0.15, -0.1) is 24.8 Å². The van der Waals surface area contributed by atoms with Crippen molar-refractivity contribution in [3.63, 3.8) is 0 Å². The fourth-order valence-corrected chi connectivity index (χ4v) is 1.40. The van der Waals surface area contributed by atoms with E-state index in [1.165, 1.54) is 20.5 Å². The minimum absolute atomic E-state index is 0. The Labute approximate surface area is 110 Å². The van der Waals surface area contributed by atoms with Crippen LogP contribution in [-0.4, -0.2) is 24.2 Å². The predicted octanol–water partition coefficient (Wildman–Crippen LogP) is 1.78. The molecular weight excluding hydrogens is 267 g/mol. The highest BCUT2D eigenvalue weighted by Gasteiger charge is 2.08. The summed E-state index contributed by atoms with van der Waals surface area (Å²) < 4.78 is 10.2. The number of aromatic amines is 1. The van der Waals surface area contributed by atoms with E-state index < -0.39 is 0 Å². The number of H-pyrrole nitrogens is 1. The highest BCUT2D eigenvalue weighted by Crippen LogP contribution is 2.29. The second kappa shape index (κ2) is 6.32. The van der Waals surface area contributed by atoms with Crippen LogP contribution in [0.15, 0.2) is 23.3 Å². The maximum atomic E-state index is 11.5. The first-order valence-electron chi connectivity index (χ1n) is 4.35. The topological polar surface area (TPSA) is 64.2 Å². The lowest BCUT2D eigenvalue weighted by molar-refractivity contribution is 0.355. The molecule has 2 rings (SSSR count). The Hall–Kier alpha value is -1.46. The third-order valence-corrected chi connectivity index (χ3v) is 2.15. The van der Waals surface area contributed by atoms with E-state index in [1.54, 1.807) is 12.1 Å². The van der Waals surface area contributed by atoms with Crippen molar-refractivity contribution in [1.29, 1.82) is 0 Å². The summed E-state index contributed by atoms with van der Waals surface area (Å²) in [7, 11) is 3.06.